The van der Waals surface area contributed by atoms with Gasteiger partial charge in [0.15, 0.2) is 0 Å². The van der Waals surface area contributed by atoms with Crippen LogP contribution >= 0.6 is 11.8 Å². The molecule has 2 nitrogen and oxygen atoms in total. The quantitative estimate of drug-likeness (QED) is 0.425. The van der Waals surface area contributed by atoms with E-state index in [9.17, 15) is 0 Å². The van der Waals surface area contributed by atoms with E-state index in [0.717, 1.165) is 6.54 Å². The molecule has 0 aliphatic carbocycles. The number of hydrogen-bond acceptors (Lipinski definition) is 3. The summed E-state index contributed by atoms with van der Waals surface area (Å²) in [6.07, 6.45) is 10.8. The predicted molar refractivity (Wildman–Crippen MR) is 72.1 cm³/mol. The summed E-state index contributed by atoms with van der Waals surface area (Å²) < 4.78 is 0. The highest BCUT2D eigenvalue weighted by Gasteiger charge is 1.95. The van der Waals surface area contributed by atoms with Crippen LogP contribution in [0.15, 0.2) is 0 Å². The number of nitrogens with two attached hydrogens (primary N) is 2. The maximum Gasteiger partial charge on any atom is 0.0478 e. The smallest absolute Gasteiger partial charge is 0.0478 e. The van der Waals surface area contributed by atoms with Crippen LogP contribution in [0.3, 0.4) is 0 Å². The summed E-state index contributed by atoms with van der Waals surface area (Å²) in [5.41, 5.74) is 11.1. The van der Waals surface area contributed by atoms with Gasteiger partial charge in [-0.3, -0.25) is 0 Å². The van der Waals surface area contributed by atoms with Crippen molar-refractivity contribution in [3.8, 4) is 0 Å². The van der Waals surface area contributed by atoms with Crippen LogP contribution in [0.25, 0.3) is 0 Å². The highest BCUT2D eigenvalue weighted by atomic mass is 32.2. The van der Waals surface area contributed by atoms with Crippen LogP contribution in [0.5, 0.6) is 0 Å². The zero-order valence-corrected chi connectivity index (χ0v) is 11.0. The van der Waals surface area contributed by atoms with Gasteiger partial charge < -0.3 is 11.5 Å². The lowest BCUT2D eigenvalue weighted by molar-refractivity contribution is 0.579. The Morgan fingerprint density at radius 3 is 1.80 bits per heavy atom. The van der Waals surface area contributed by atoms with E-state index in [0.29, 0.717) is 5.37 Å². The molecule has 0 fully saturated rings. The zero-order valence-electron chi connectivity index (χ0n) is 10.2. The van der Waals surface area contributed by atoms with Gasteiger partial charge in [-0.2, -0.15) is 0 Å². The molecule has 0 amide bonds. The van der Waals surface area contributed by atoms with Gasteiger partial charge in [-0.05, 0) is 32.1 Å². The highest BCUT2D eigenvalue weighted by Crippen LogP contribution is 2.12. The minimum Gasteiger partial charge on any atom is -0.330 e. The average Bonchev–Trinajstić information content (AvgIpc) is 2.20. The van der Waals surface area contributed by atoms with Crippen LogP contribution in [0, 0.1) is 0 Å². The van der Waals surface area contributed by atoms with Crippen LogP contribution < -0.4 is 11.5 Å². The van der Waals surface area contributed by atoms with E-state index in [-0.39, 0.29) is 0 Å². The molecule has 0 saturated heterocycles. The van der Waals surface area contributed by atoms with Gasteiger partial charge in [0.2, 0.25) is 0 Å². The molecule has 1 unspecified atom stereocenters. The molecule has 0 aliphatic rings. The largest absolute Gasteiger partial charge is 0.330 e. The molecule has 1 atom stereocenters. The molecular formula is C12H28N2S. The van der Waals surface area contributed by atoms with E-state index >= 15 is 0 Å². The summed E-state index contributed by atoms with van der Waals surface area (Å²) in [4.78, 5) is 0. The fraction of sp³-hybridized carbons (Fsp3) is 1.00. The maximum absolute atomic E-state index is 5.65. The van der Waals surface area contributed by atoms with Gasteiger partial charge in [0.25, 0.3) is 0 Å². The second kappa shape index (κ2) is 12.3. The molecule has 4 N–H and O–H groups in total. The van der Waals surface area contributed by atoms with Crippen LogP contribution in [0.4, 0.5) is 0 Å². The summed E-state index contributed by atoms with van der Waals surface area (Å²) in [6, 6.07) is 0. The Kier molecular flexibility index (Phi) is 12.6. The van der Waals surface area contributed by atoms with Crippen LogP contribution in [0.1, 0.15) is 58.3 Å². The van der Waals surface area contributed by atoms with E-state index < -0.39 is 0 Å². The molecule has 0 spiro atoms. The van der Waals surface area contributed by atoms with E-state index in [1.165, 1.54) is 57.1 Å². The minimum absolute atomic E-state index is 0.307. The molecule has 0 aromatic carbocycles. The topological polar surface area (TPSA) is 52.0 Å². The lowest BCUT2D eigenvalue weighted by atomic mass is 10.1. The van der Waals surface area contributed by atoms with Crippen molar-refractivity contribution >= 4 is 11.8 Å². The average molecular weight is 232 g/mol. The third-order valence-electron chi connectivity index (χ3n) is 2.48. The zero-order chi connectivity index (χ0) is 11.4. The number of rotatable bonds is 11. The van der Waals surface area contributed by atoms with Gasteiger partial charge >= 0.3 is 0 Å². The second-order valence-corrected chi connectivity index (χ2v) is 5.68. The first kappa shape index (κ1) is 15.3. The Labute approximate surface area is 99.6 Å². The van der Waals surface area contributed by atoms with Gasteiger partial charge in [-0.25, -0.2) is 0 Å². The van der Waals surface area contributed by atoms with E-state index in [2.05, 4.69) is 6.92 Å². The molecule has 0 aliphatic heterocycles. The Morgan fingerprint density at radius 2 is 1.33 bits per heavy atom. The fourth-order valence-electron chi connectivity index (χ4n) is 1.58. The van der Waals surface area contributed by atoms with E-state index in [1.807, 2.05) is 11.8 Å². The van der Waals surface area contributed by atoms with Gasteiger partial charge in [0, 0.05) is 5.37 Å². The summed E-state index contributed by atoms with van der Waals surface area (Å²) in [7, 11) is 0. The van der Waals surface area contributed by atoms with Crippen molar-refractivity contribution in [3.63, 3.8) is 0 Å². The van der Waals surface area contributed by atoms with Crippen molar-refractivity contribution in [1.82, 2.24) is 0 Å². The molecule has 3 heteroatoms. The fourth-order valence-corrected chi connectivity index (χ4v) is 2.32. The lowest BCUT2D eigenvalue weighted by Crippen LogP contribution is -2.09. The molecule has 92 valence electrons. The third kappa shape index (κ3) is 14.3. The van der Waals surface area contributed by atoms with Crippen molar-refractivity contribution in [1.29, 1.82) is 0 Å². The summed E-state index contributed by atoms with van der Waals surface area (Å²) in [5, 5.41) is 0.307. The summed E-state index contributed by atoms with van der Waals surface area (Å²) in [6.45, 7) is 2.91. The lowest BCUT2D eigenvalue weighted by Gasteiger charge is -2.04. The second-order valence-electron chi connectivity index (χ2n) is 4.19. The molecule has 0 radical (unpaired) electrons. The van der Waals surface area contributed by atoms with Crippen LogP contribution in [-0.4, -0.2) is 17.7 Å². The first-order chi connectivity index (χ1) is 7.27. The Morgan fingerprint density at radius 1 is 0.867 bits per heavy atom. The van der Waals surface area contributed by atoms with Crippen LogP contribution in [0.2, 0.25) is 0 Å². The summed E-state index contributed by atoms with van der Waals surface area (Å²) in [5.74, 6) is 1.23. The van der Waals surface area contributed by atoms with Crippen molar-refractivity contribution < 1.29 is 0 Å². The molecule has 0 aromatic rings. The first-order valence-electron chi connectivity index (χ1n) is 6.34. The Hall–Kier alpha value is 0.270. The van der Waals surface area contributed by atoms with Crippen molar-refractivity contribution in [2.75, 3.05) is 12.3 Å². The summed E-state index contributed by atoms with van der Waals surface area (Å²) >= 11 is 1.87. The van der Waals surface area contributed by atoms with Gasteiger partial charge in [0.05, 0.1) is 0 Å². The van der Waals surface area contributed by atoms with Crippen molar-refractivity contribution in [2.24, 2.45) is 11.5 Å². The SMILES string of the molecule is CC(N)SCCCCCCCCCCN. The van der Waals surface area contributed by atoms with Crippen LogP contribution in [-0.2, 0) is 0 Å². The van der Waals surface area contributed by atoms with Crippen molar-refractivity contribution in [2.45, 2.75) is 63.7 Å². The van der Waals surface area contributed by atoms with Gasteiger partial charge in [-0.15, -0.1) is 11.8 Å². The molecule has 0 saturated carbocycles. The third-order valence-corrected chi connectivity index (χ3v) is 3.53. The number of hydrogen-bond donors (Lipinski definition) is 2. The number of unbranched alkanes of at least 4 members (excludes halogenated alkanes) is 7. The Balaban J connectivity index is 2.87. The maximum atomic E-state index is 5.65. The van der Waals surface area contributed by atoms with Crippen molar-refractivity contribution in [3.05, 3.63) is 0 Å². The van der Waals surface area contributed by atoms with E-state index in [4.69, 9.17) is 11.5 Å². The highest BCUT2D eigenvalue weighted by molar-refractivity contribution is 7.99. The molecule has 15 heavy (non-hydrogen) atoms. The predicted octanol–water partition coefficient (Wildman–Crippen LogP) is 3.10. The molecule has 0 heterocycles. The normalized spacial score (nSPS) is 13.0. The molecule has 0 bridgehead atoms. The monoisotopic (exact) mass is 232 g/mol. The molecule has 0 aromatic heterocycles. The van der Waals surface area contributed by atoms with E-state index in [1.54, 1.807) is 0 Å². The standard InChI is InChI=1S/C12H28N2S/c1-12(14)15-11-9-7-5-3-2-4-6-8-10-13/h12H,2-11,13-14H2,1H3. The number of thioether (sulfide) groups is 1. The minimum atomic E-state index is 0.307. The Bertz CT molecular complexity index is 118. The molecule has 0 rings (SSSR count). The molecular weight excluding hydrogens is 204 g/mol. The first-order valence-corrected chi connectivity index (χ1v) is 7.39. The van der Waals surface area contributed by atoms with Gasteiger partial charge in [-0.1, -0.05) is 38.5 Å². The van der Waals surface area contributed by atoms with Gasteiger partial charge in [0.1, 0.15) is 0 Å².